The van der Waals surface area contributed by atoms with E-state index in [1.807, 2.05) is 0 Å². The van der Waals surface area contributed by atoms with Gasteiger partial charge >= 0.3 is 11.9 Å². The van der Waals surface area contributed by atoms with Crippen LogP contribution in [0.5, 0.6) is 0 Å². The summed E-state index contributed by atoms with van der Waals surface area (Å²) in [5, 5.41) is 59.1. The molecule has 6 N–H and O–H groups in total. The summed E-state index contributed by atoms with van der Waals surface area (Å²) in [5.41, 5.74) is 0. The van der Waals surface area contributed by atoms with Crippen molar-refractivity contribution in [3.63, 3.8) is 0 Å². The minimum Gasteiger partial charge on any atom is -0.479 e. The molecule has 0 spiro atoms. The topological polar surface area (TPSA) is 202 Å². The highest BCUT2D eigenvalue weighted by molar-refractivity contribution is 5.74. The highest BCUT2D eigenvalue weighted by atomic mass is 16.7. The monoisotopic (exact) mass is 428 g/mol. The predicted octanol–water partition coefficient (Wildman–Crippen LogP) is -2.88. The molecule has 0 radical (unpaired) electrons. The van der Waals surface area contributed by atoms with Crippen molar-refractivity contribution >= 4 is 11.9 Å². The number of hydrogen-bond acceptors (Lipinski definition) is 11. The molecule has 0 amide bonds. The summed E-state index contributed by atoms with van der Waals surface area (Å²) < 4.78 is 25.3. The van der Waals surface area contributed by atoms with Crippen molar-refractivity contribution in [2.45, 2.75) is 75.8 Å². The normalized spacial score (nSPS) is 42.7. The van der Waals surface area contributed by atoms with Gasteiger partial charge in [0.2, 0.25) is 0 Å². The van der Waals surface area contributed by atoms with E-state index in [4.69, 9.17) is 23.7 Å². The van der Waals surface area contributed by atoms with E-state index >= 15 is 0 Å². The fraction of sp³-hybridized carbons (Fsp3) is 0.875. The fourth-order valence-electron chi connectivity index (χ4n) is 3.06. The summed E-state index contributed by atoms with van der Waals surface area (Å²) in [6.07, 6.45) is -17.2. The molecule has 170 valence electrons. The Bertz CT molecular complexity index is 557. The third-order valence-corrected chi connectivity index (χ3v) is 4.47. The molecule has 10 atom stereocenters. The first kappa shape index (κ1) is 25.6. The van der Waals surface area contributed by atoms with Gasteiger partial charge in [-0.15, -0.1) is 0 Å². The van der Waals surface area contributed by atoms with Crippen LogP contribution in [0.1, 0.15) is 14.4 Å². The van der Waals surface area contributed by atoms with Crippen LogP contribution in [-0.2, 0) is 33.3 Å². The Labute approximate surface area is 166 Å². The molecule has 2 aliphatic rings. The second-order valence-electron chi connectivity index (χ2n) is 6.25. The third-order valence-electron chi connectivity index (χ3n) is 4.47. The molecule has 0 aliphatic carbocycles. The lowest BCUT2D eigenvalue weighted by atomic mass is 9.96. The number of aliphatic carboxylic acids is 2. The van der Waals surface area contributed by atoms with Gasteiger partial charge in [-0.25, -0.2) is 9.59 Å². The summed E-state index contributed by atoms with van der Waals surface area (Å²) in [5.74, 6) is -3.10. The second kappa shape index (κ2) is 10.6. The van der Waals surface area contributed by atoms with E-state index in [9.17, 15) is 40.2 Å². The lowest BCUT2D eigenvalue weighted by Gasteiger charge is -2.45. The van der Waals surface area contributed by atoms with Crippen molar-refractivity contribution in [2.75, 3.05) is 13.7 Å². The first-order valence-corrected chi connectivity index (χ1v) is 8.42. The molecule has 2 heterocycles. The highest BCUT2D eigenvalue weighted by Gasteiger charge is 2.54. The summed E-state index contributed by atoms with van der Waals surface area (Å²) in [4.78, 5) is 22.8. The van der Waals surface area contributed by atoms with Crippen LogP contribution < -0.4 is 0 Å². The molecule has 0 saturated carbocycles. The fourth-order valence-corrected chi connectivity index (χ4v) is 3.06. The van der Waals surface area contributed by atoms with Crippen molar-refractivity contribution in [1.82, 2.24) is 0 Å². The predicted molar refractivity (Wildman–Crippen MR) is 90.6 cm³/mol. The summed E-state index contributed by atoms with van der Waals surface area (Å²) in [6, 6.07) is 0. The van der Waals surface area contributed by atoms with Gasteiger partial charge in [-0.3, -0.25) is 0 Å². The standard InChI is InChI=1S/C15H24O13.CH4/c1-3-25-14-6(18)5(17)9(11(27-14)13(22)23)26-15-7(19)4(16)8(24-2)10(28-15)12(20)21;/h4-11,14-19H,3H2,1-2H3,(H,20,21)(H,22,23);1H4/t4-,5-,6?,7?,8+,9-,10?,11?,14+,15+;/m0./s1. The maximum Gasteiger partial charge on any atom is 0.335 e. The van der Waals surface area contributed by atoms with Gasteiger partial charge in [-0.2, -0.15) is 0 Å². The van der Waals surface area contributed by atoms with E-state index < -0.39 is 73.4 Å². The number of carboxylic acids is 2. The summed E-state index contributed by atoms with van der Waals surface area (Å²) in [7, 11) is 1.10. The maximum atomic E-state index is 11.5. The molecule has 0 aromatic rings. The van der Waals surface area contributed by atoms with Crippen molar-refractivity contribution in [3.8, 4) is 0 Å². The van der Waals surface area contributed by atoms with E-state index in [0.717, 1.165) is 7.11 Å². The zero-order chi connectivity index (χ0) is 21.2. The van der Waals surface area contributed by atoms with E-state index in [1.165, 1.54) is 0 Å². The number of hydrogen-bond donors (Lipinski definition) is 6. The Hall–Kier alpha value is -1.42. The van der Waals surface area contributed by atoms with Crippen molar-refractivity contribution < 1.29 is 63.9 Å². The van der Waals surface area contributed by atoms with Gasteiger partial charge in [0.15, 0.2) is 24.8 Å². The minimum absolute atomic E-state index is 0. The van der Waals surface area contributed by atoms with Crippen molar-refractivity contribution in [1.29, 1.82) is 0 Å². The average molecular weight is 428 g/mol. The summed E-state index contributed by atoms with van der Waals surface area (Å²) >= 11 is 0. The number of carboxylic acid groups (broad SMARTS) is 2. The van der Waals surface area contributed by atoms with Crippen molar-refractivity contribution in [2.24, 2.45) is 0 Å². The Kier molecular flexibility index (Phi) is 9.33. The Morgan fingerprint density at radius 1 is 0.828 bits per heavy atom. The van der Waals surface area contributed by atoms with E-state index in [2.05, 4.69) is 0 Å². The molecular formula is C16H28O13. The van der Waals surface area contributed by atoms with Crippen LogP contribution in [0, 0.1) is 0 Å². The SMILES string of the molecule is C.CCO[C@@H]1OC(C(=O)O)[C@@H](O[C@@H]2OC(C(=O)O)[C@H](OC)[C@@H](O)C2O)[C@@H](O)C1O. The lowest BCUT2D eigenvalue weighted by molar-refractivity contribution is -0.351. The molecule has 0 bridgehead atoms. The lowest BCUT2D eigenvalue weighted by Crippen LogP contribution is -2.66. The Balaban J connectivity index is 0.00000420. The number of ether oxygens (including phenoxy) is 5. The molecule has 0 aromatic heterocycles. The van der Waals surface area contributed by atoms with Crippen molar-refractivity contribution in [3.05, 3.63) is 0 Å². The molecule has 2 fully saturated rings. The number of carbonyl (C=O) groups is 2. The zero-order valence-electron chi connectivity index (χ0n) is 15.0. The number of methoxy groups -OCH3 is 1. The molecule has 0 aromatic carbocycles. The van der Waals surface area contributed by atoms with Gasteiger partial charge in [0.25, 0.3) is 0 Å². The molecule has 2 saturated heterocycles. The van der Waals surface area contributed by atoms with E-state index in [1.54, 1.807) is 6.92 Å². The average Bonchev–Trinajstić information content (AvgIpc) is 2.64. The largest absolute Gasteiger partial charge is 0.479 e. The van der Waals surface area contributed by atoms with Gasteiger partial charge < -0.3 is 54.3 Å². The highest BCUT2D eigenvalue weighted by Crippen LogP contribution is 2.30. The van der Waals surface area contributed by atoms with Crippen LogP contribution in [-0.4, -0.2) is 118 Å². The number of aliphatic hydroxyl groups excluding tert-OH is 4. The molecular weight excluding hydrogens is 400 g/mol. The van der Waals surface area contributed by atoms with Crippen LogP contribution in [0.4, 0.5) is 0 Å². The van der Waals surface area contributed by atoms with Gasteiger partial charge in [0.05, 0.1) is 0 Å². The summed E-state index contributed by atoms with van der Waals surface area (Å²) in [6.45, 7) is 1.62. The molecule has 29 heavy (non-hydrogen) atoms. The molecule has 4 unspecified atom stereocenters. The van der Waals surface area contributed by atoms with Gasteiger partial charge in [0, 0.05) is 13.7 Å². The quantitative estimate of drug-likeness (QED) is 0.242. The minimum atomic E-state index is -1.86. The van der Waals surface area contributed by atoms with Gasteiger partial charge in [0.1, 0.15) is 36.6 Å². The molecule has 2 rings (SSSR count). The third kappa shape index (κ3) is 5.20. The smallest absolute Gasteiger partial charge is 0.335 e. The van der Waals surface area contributed by atoms with Crippen LogP contribution in [0.2, 0.25) is 0 Å². The van der Waals surface area contributed by atoms with E-state index in [-0.39, 0.29) is 14.0 Å². The number of rotatable bonds is 7. The maximum absolute atomic E-state index is 11.5. The van der Waals surface area contributed by atoms with Crippen LogP contribution in [0.25, 0.3) is 0 Å². The van der Waals surface area contributed by atoms with E-state index in [0.29, 0.717) is 0 Å². The molecule has 13 heteroatoms. The van der Waals surface area contributed by atoms with Crippen LogP contribution in [0.15, 0.2) is 0 Å². The second-order valence-corrected chi connectivity index (χ2v) is 6.25. The molecule has 2 aliphatic heterocycles. The van der Waals surface area contributed by atoms with Gasteiger partial charge in [-0.1, -0.05) is 7.43 Å². The first-order valence-electron chi connectivity index (χ1n) is 8.42. The van der Waals surface area contributed by atoms with Crippen LogP contribution in [0.3, 0.4) is 0 Å². The molecule has 13 nitrogen and oxygen atoms in total. The first-order chi connectivity index (χ1) is 13.1. The van der Waals surface area contributed by atoms with Gasteiger partial charge in [-0.05, 0) is 6.92 Å². The Morgan fingerprint density at radius 3 is 1.76 bits per heavy atom. The number of aliphatic hydroxyl groups is 4. The van der Waals surface area contributed by atoms with Crippen LogP contribution >= 0.6 is 0 Å². The Morgan fingerprint density at radius 2 is 1.28 bits per heavy atom. The zero-order valence-corrected chi connectivity index (χ0v) is 15.0.